The van der Waals surface area contributed by atoms with Gasteiger partial charge in [0.25, 0.3) is 0 Å². The van der Waals surface area contributed by atoms with E-state index in [4.69, 9.17) is 10.6 Å². The smallest absolute Gasteiger partial charge is 0.233 e. The number of ether oxygens (including phenoxy) is 1. The number of amides is 1. The largest absolute Gasteiger partial charge is 0.497 e. The van der Waals surface area contributed by atoms with E-state index in [1.807, 2.05) is 24.3 Å². The Labute approximate surface area is 172 Å². The fraction of sp³-hybridized carbons (Fsp3) is 0.250. The SMILES string of the molecule is COc1ccc(CCNC(=O)[C@@H](C)Sc2nnc(-c3ccc(F)cc3)n2N)cc1. The van der Waals surface area contributed by atoms with Crippen LogP contribution in [0.25, 0.3) is 11.4 Å². The van der Waals surface area contributed by atoms with Crippen LogP contribution in [-0.2, 0) is 11.2 Å². The van der Waals surface area contributed by atoms with Crippen molar-refractivity contribution in [2.45, 2.75) is 23.8 Å². The predicted molar refractivity (Wildman–Crippen MR) is 111 cm³/mol. The van der Waals surface area contributed by atoms with Gasteiger partial charge < -0.3 is 15.9 Å². The van der Waals surface area contributed by atoms with E-state index in [0.29, 0.717) is 23.1 Å². The molecule has 0 saturated heterocycles. The van der Waals surface area contributed by atoms with Crippen molar-refractivity contribution in [3.05, 3.63) is 59.9 Å². The molecule has 1 amide bonds. The Morgan fingerprint density at radius 2 is 1.90 bits per heavy atom. The highest BCUT2D eigenvalue weighted by Crippen LogP contribution is 2.25. The van der Waals surface area contributed by atoms with Gasteiger partial charge >= 0.3 is 0 Å². The minimum absolute atomic E-state index is 0.116. The van der Waals surface area contributed by atoms with Crippen molar-refractivity contribution in [3.8, 4) is 17.1 Å². The Kier molecular flexibility index (Phi) is 6.71. The summed E-state index contributed by atoms with van der Waals surface area (Å²) >= 11 is 1.21. The van der Waals surface area contributed by atoms with Crippen molar-refractivity contribution >= 4 is 17.7 Å². The molecule has 0 saturated carbocycles. The van der Waals surface area contributed by atoms with Crippen molar-refractivity contribution in [1.82, 2.24) is 20.2 Å². The van der Waals surface area contributed by atoms with E-state index in [0.717, 1.165) is 17.7 Å². The number of hydrogen-bond donors (Lipinski definition) is 2. The summed E-state index contributed by atoms with van der Waals surface area (Å²) in [6.45, 7) is 2.30. The molecule has 152 valence electrons. The molecule has 0 bridgehead atoms. The summed E-state index contributed by atoms with van der Waals surface area (Å²) in [7, 11) is 1.62. The Balaban J connectivity index is 1.53. The number of hydrogen-bond acceptors (Lipinski definition) is 6. The van der Waals surface area contributed by atoms with Crippen LogP contribution < -0.4 is 15.9 Å². The Morgan fingerprint density at radius 3 is 2.55 bits per heavy atom. The van der Waals surface area contributed by atoms with Crippen molar-refractivity contribution in [1.29, 1.82) is 0 Å². The van der Waals surface area contributed by atoms with Gasteiger partial charge in [-0.15, -0.1) is 10.2 Å². The van der Waals surface area contributed by atoms with Crippen molar-refractivity contribution in [3.63, 3.8) is 0 Å². The molecule has 29 heavy (non-hydrogen) atoms. The number of aromatic nitrogens is 3. The van der Waals surface area contributed by atoms with Gasteiger partial charge in [0, 0.05) is 12.1 Å². The highest BCUT2D eigenvalue weighted by Gasteiger charge is 2.19. The molecule has 0 aliphatic carbocycles. The summed E-state index contributed by atoms with van der Waals surface area (Å²) in [5.74, 6) is 6.80. The summed E-state index contributed by atoms with van der Waals surface area (Å²) in [5, 5.41) is 11.0. The molecule has 0 unspecified atom stereocenters. The summed E-state index contributed by atoms with van der Waals surface area (Å²) < 4.78 is 19.5. The normalized spacial score (nSPS) is 11.8. The molecule has 0 aliphatic heterocycles. The zero-order valence-corrected chi connectivity index (χ0v) is 16.9. The topological polar surface area (TPSA) is 95.1 Å². The fourth-order valence-corrected chi connectivity index (χ4v) is 3.43. The maximum absolute atomic E-state index is 13.1. The number of nitrogens with one attached hydrogen (secondary N) is 1. The van der Waals surface area contributed by atoms with Crippen molar-refractivity contribution < 1.29 is 13.9 Å². The molecule has 1 atom stereocenters. The molecular formula is C20H22FN5O2S. The quantitative estimate of drug-likeness (QED) is 0.434. The van der Waals surface area contributed by atoms with Gasteiger partial charge in [-0.3, -0.25) is 4.79 Å². The monoisotopic (exact) mass is 415 g/mol. The molecule has 0 spiro atoms. The zero-order valence-electron chi connectivity index (χ0n) is 16.1. The van der Waals surface area contributed by atoms with Crippen LogP contribution in [0.15, 0.2) is 53.7 Å². The molecule has 2 aromatic carbocycles. The summed E-state index contributed by atoms with van der Waals surface area (Å²) in [6, 6.07) is 13.5. The van der Waals surface area contributed by atoms with Gasteiger partial charge in [0.2, 0.25) is 11.1 Å². The first kappa shape index (κ1) is 20.7. The highest BCUT2D eigenvalue weighted by molar-refractivity contribution is 8.00. The average Bonchev–Trinajstić information content (AvgIpc) is 3.09. The first-order valence-electron chi connectivity index (χ1n) is 9.01. The van der Waals surface area contributed by atoms with Gasteiger partial charge in [0.1, 0.15) is 11.6 Å². The second-order valence-electron chi connectivity index (χ2n) is 6.33. The van der Waals surface area contributed by atoms with E-state index >= 15 is 0 Å². The maximum atomic E-state index is 13.1. The van der Waals surface area contributed by atoms with Crippen LogP contribution in [0.3, 0.4) is 0 Å². The number of halogens is 1. The minimum Gasteiger partial charge on any atom is -0.497 e. The summed E-state index contributed by atoms with van der Waals surface area (Å²) in [4.78, 5) is 12.4. The van der Waals surface area contributed by atoms with Gasteiger partial charge in [-0.25, -0.2) is 9.07 Å². The van der Waals surface area contributed by atoms with Gasteiger partial charge in [-0.05, 0) is 55.3 Å². The summed E-state index contributed by atoms with van der Waals surface area (Å²) in [6.07, 6.45) is 0.717. The number of methoxy groups -OCH3 is 1. The van der Waals surface area contributed by atoms with E-state index in [1.54, 1.807) is 26.2 Å². The predicted octanol–water partition coefficient (Wildman–Crippen LogP) is 2.65. The number of nitrogens with two attached hydrogens (primary N) is 1. The van der Waals surface area contributed by atoms with Crippen LogP contribution in [0.2, 0.25) is 0 Å². The van der Waals surface area contributed by atoms with E-state index in [1.165, 1.54) is 28.6 Å². The number of benzene rings is 2. The Hall–Kier alpha value is -3.07. The van der Waals surface area contributed by atoms with E-state index in [-0.39, 0.29) is 11.7 Å². The van der Waals surface area contributed by atoms with Crippen LogP contribution in [0.1, 0.15) is 12.5 Å². The lowest BCUT2D eigenvalue weighted by Crippen LogP contribution is -2.32. The highest BCUT2D eigenvalue weighted by atomic mass is 32.2. The minimum atomic E-state index is -0.404. The van der Waals surface area contributed by atoms with Crippen LogP contribution >= 0.6 is 11.8 Å². The Bertz CT molecular complexity index is 960. The molecule has 7 nitrogen and oxygen atoms in total. The third kappa shape index (κ3) is 5.26. The third-order valence-electron chi connectivity index (χ3n) is 4.29. The van der Waals surface area contributed by atoms with Crippen molar-refractivity contribution in [2.24, 2.45) is 0 Å². The fourth-order valence-electron chi connectivity index (χ4n) is 2.63. The standard InChI is InChI=1S/C20H22FN5O2S/c1-13(19(27)23-12-11-14-3-9-17(28-2)10-4-14)29-20-25-24-18(26(20)22)15-5-7-16(21)8-6-15/h3-10,13H,11-12,22H2,1-2H3,(H,23,27)/t13-/m1/s1. The molecule has 0 fully saturated rings. The van der Waals surface area contributed by atoms with Gasteiger partial charge in [0.15, 0.2) is 5.82 Å². The molecule has 3 N–H and O–H groups in total. The molecule has 1 aromatic heterocycles. The second kappa shape index (κ2) is 9.42. The molecule has 0 radical (unpaired) electrons. The number of rotatable bonds is 8. The lowest BCUT2D eigenvalue weighted by Gasteiger charge is -2.12. The third-order valence-corrected chi connectivity index (χ3v) is 5.35. The number of nitrogen functional groups attached to an aromatic ring is 1. The first-order valence-corrected chi connectivity index (χ1v) is 9.89. The number of nitrogens with zero attached hydrogens (tertiary/aromatic N) is 3. The number of carbonyl (C=O) groups excluding carboxylic acids is 1. The summed E-state index contributed by atoms with van der Waals surface area (Å²) in [5.41, 5.74) is 1.75. The van der Waals surface area contributed by atoms with Crippen LogP contribution in [0.4, 0.5) is 4.39 Å². The van der Waals surface area contributed by atoms with Gasteiger partial charge in [-0.2, -0.15) is 0 Å². The molecule has 3 aromatic rings. The molecule has 0 aliphatic rings. The van der Waals surface area contributed by atoms with Crippen LogP contribution in [0.5, 0.6) is 5.75 Å². The maximum Gasteiger partial charge on any atom is 0.233 e. The molecular weight excluding hydrogens is 393 g/mol. The molecule has 9 heteroatoms. The van der Waals surface area contributed by atoms with E-state index in [9.17, 15) is 9.18 Å². The average molecular weight is 415 g/mol. The lowest BCUT2D eigenvalue weighted by molar-refractivity contribution is -0.120. The number of carbonyl (C=O) groups is 1. The number of thioether (sulfide) groups is 1. The molecule has 1 heterocycles. The second-order valence-corrected chi connectivity index (χ2v) is 7.64. The van der Waals surface area contributed by atoms with Gasteiger partial charge in [0.05, 0.1) is 12.4 Å². The van der Waals surface area contributed by atoms with Crippen LogP contribution in [-0.4, -0.2) is 39.7 Å². The van der Waals surface area contributed by atoms with Gasteiger partial charge in [-0.1, -0.05) is 23.9 Å². The lowest BCUT2D eigenvalue weighted by atomic mass is 10.1. The molecule has 3 rings (SSSR count). The Morgan fingerprint density at radius 1 is 1.21 bits per heavy atom. The zero-order chi connectivity index (χ0) is 20.8. The van der Waals surface area contributed by atoms with E-state index in [2.05, 4.69) is 15.5 Å². The van der Waals surface area contributed by atoms with Crippen molar-refractivity contribution in [2.75, 3.05) is 19.5 Å². The van der Waals surface area contributed by atoms with E-state index < -0.39 is 5.25 Å². The first-order chi connectivity index (χ1) is 14.0. The van der Waals surface area contributed by atoms with Crippen LogP contribution in [0, 0.1) is 5.82 Å².